The van der Waals surface area contributed by atoms with Crippen LogP contribution >= 0.6 is 0 Å². The molecule has 6 aliphatic carbocycles. The zero-order valence-electron chi connectivity index (χ0n) is 26.3. The molecular formula is C44H39N. The molecule has 0 N–H and O–H groups in total. The largest absolute Gasteiger partial charge is 0.310 e. The Balaban J connectivity index is 1.16. The van der Waals surface area contributed by atoms with Gasteiger partial charge in [-0.2, -0.15) is 0 Å². The lowest BCUT2D eigenvalue weighted by molar-refractivity contribution is -0.0193. The molecule has 0 amide bonds. The second kappa shape index (κ2) is 8.18. The maximum absolute atomic E-state index is 2.57. The van der Waals surface area contributed by atoms with E-state index in [1.807, 2.05) is 0 Å². The molecule has 5 aromatic rings. The van der Waals surface area contributed by atoms with Crippen LogP contribution in [0.3, 0.4) is 0 Å². The van der Waals surface area contributed by atoms with Crippen molar-refractivity contribution in [1.29, 1.82) is 0 Å². The molecule has 0 heterocycles. The first kappa shape index (κ1) is 25.1. The van der Waals surface area contributed by atoms with E-state index in [4.69, 9.17) is 0 Å². The number of anilines is 3. The van der Waals surface area contributed by atoms with E-state index in [2.05, 4.69) is 134 Å². The van der Waals surface area contributed by atoms with Gasteiger partial charge in [0.1, 0.15) is 0 Å². The monoisotopic (exact) mass is 581 g/mol. The number of rotatable bonds is 3. The predicted molar refractivity (Wildman–Crippen MR) is 184 cm³/mol. The van der Waals surface area contributed by atoms with Gasteiger partial charge in [0.2, 0.25) is 0 Å². The van der Waals surface area contributed by atoms with Crippen molar-refractivity contribution in [3.05, 3.63) is 138 Å². The van der Waals surface area contributed by atoms with Crippen LogP contribution in [0.2, 0.25) is 0 Å². The average Bonchev–Trinajstić information content (AvgIpc) is 3.62. The van der Waals surface area contributed by atoms with Crippen LogP contribution in [0.25, 0.3) is 22.3 Å². The van der Waals surface area contributed by atoms with Crippen molar-refractivity contribution in [2.75, 3.05) is 4.90 Å². The summed E-state index contributed by atoms with van der Waals surface area (Å²) >= 11 is 0. The van der Waals surface area contributed by atoms with E-state index in [0.717, 1.165) is 23.7 Å². The Labute approximate surface area is 266 Å². The van der Waals surface area contributed by atoms with Crippen LogP contribution in [-0.2, 0) is 10.8 Å². The third-order valence-corrected chi connectivity index (χ3v) is 14.0. The Morgan fingerprint density at radius 3 is 2.13 bits per heavy atom. The van der Waals surface area contributed by atoms with Gasteiger partial charge in [-0.15, -0.1) is 0 Å². The first-order valence-electron chi connectivity index (χ1n) is 17.3. The van der Waals surface area contributed by atoms with Crippen LogP contribution < -0.4 is 4.90 Å². The van der Waals surface area contributed by atoms with E-state index >= 15 is 0 Å². The summed E-state index contributed by atoms with van der Waals surface area (Å²) < 4.78 is 0. The van der Waals surface area contributed by atoms with Gasteiger partial charge in [0.05, 0.1) is 5.69 Å². The molecule has 1 nitrogen and oxygen atoms in total. The second-order valence-electron chi connectivity index (χ2n) is 15.8. The van der Waals surface area contributed by atoms with Gasteiger partial charge in [-0.1, -0.05) is 98.8 Å². The minimum Gasteiger partial charge on any atom is -0.310 e. The third-order valence-electron chi connectivity index (χ3n) is 14.0. The molecule has 11 rings (SSSR count). The SMILES string of the molecule is CC1(C)c2ccccc2-c2ccc(N(c3ccccc3)c3cccc4c3-c3ccccc3C43C4CC5CC6CC3C6(C5)C4)cc21. The quantitative estimate of drug-likeness (QED) is 0.205. The van der Waals surface area contributed by atoms with Gasteiger partial charge in [-0.25, -0.2) is 0 Å². The van der Waals surface area contributed by atoms with Crippen molar-refractivity contribution in [2.24, 2.45) is 29.1 Å². The summed E-state index contributed by atoms with van der Waals surface area (Å²) in [7, 11) is 0. The fraction of sp³-hybridized carbons (Fsp3) is 0.318. The highest BCUT2D eigenvalue weighted by atomic mass is 15.1. The standard InChI is InChI=1S/C44H39N/c1-42(2)35-15-8-6-13-32(35)33-20-19-31(24-38(33)42)45(30-11-4-3-5-12-30)39-18-10-17-37-41(39)34-14-7-9-16-36(34)44(37)29-22-27-21-28-23-40(44)43(28,25-27)26-29/h3-20,24,27-29,40H,21-23,25-26H2,1-2H3. The topological polar surface area (TPSA) is 3.24 Å². The van der Waals surface area contributed by atoms with E-state index < -0.39 is 0 Å². The zero-order valence-corrected chi connectivity index (χ0v) is 26.3. The van der Waals surface area contributed by atoms with Gasteiger partial charge in [0, 0.05) is 27.8 Å². The van der Waals surface area contributed by atoms with Crippen molar-refractivity contribution in [2.45, 2.75) is 56.8 Å². The molecule has 4 fully saturated rings. The smallest absolute Gasteiger partial charge is 0.0543 e. The molecule has 6 aliphatic rings. The van der Waals surface area contributed by atoms with Gasteiger partial charge >= 0.3 is 0 Å². The summed E-state index contributed by atoms with van der Waals surface area (Å²) in [5.74, 6) is 3.51. The minimum atomic E-state index is -0.0414. The summed E-state index contributed by atoms with van der Waals surface area (Å²) in [5, 5.41) is 0. The first-order chi connectivity index (χ1) is 22.0. The lowest BCUT2D eigenvalue weighted by atomic mass is 9.49. The van der Waals surface area contributed by atoms with Crippen LogP contribution in [0, 0.1) is 29.1 Å². The lowest BCUT2D eigenvalue weighted by Crippen LogP contribution is -2.50. The molecule has 2 spiro atoms. The Hall–Kier alpha value is -4.10. The predicted octanol–water partition coefficient (Wildman–Crippen LogP) is 11.2. The Morgan fingerprint density at radius 1 is 0.556 bits per heavy atom. The molecule has 0 saturated heterocycles. The highest BCUT2D eigenvalue weighted by Gasteiger charge is 2.77. The summed E-state index contributed by atoms with van der Waals surface area (Å²) in [5.41, 5.74) is 16.4. The fourth-order valence-corrected chi connectivity index (χ4v) is 12.5. The molecule has 4 saturated carbocycles. The van der Waals surface area contributed by atoms with E-state index in [-0.39, 0.29) is 10.8 Å². The van der Waals surface area contributed by atoms with Crippen LogP contribution in [0.5, 0.6) is 0 Å². The Bertz CT molecular complexity index is 2070. The second-order valence-corrected chi connectivity index (χ2v) is 15.8. The number of para-hydroxylation sites is 1. The van der Waals surface area contributed by atoms with Crippen LogP contribution in [0.15, 0.2) is 115 Å². The van der Waals surface area contributed by atoms with E-state index in [1.54, 1.807) is 11.1 Å². The van der Waals surface area contributed by atoms with Gasteiger partial charge in [0.15, 0.2) is 0 Å². The summed E-state index contributed by atoms with van der Waals surface area (Å²) in [6, 6.07) is 44.3. The zero-order chi connectivity index (χ0) is 29.7. The number of fused-ring (bicyclic) bond motifs is 12. The molecule has 1 heteroatoms. The minimum absolute atomic E-state index is 0.0414. The van der Waals surface area contributed by atoms with Gasteiger partial charge in [-0.3, -0.25) is 0 Å². The first-order valence-corrected chi connectivity index (χ1v) is 17.3. The maximum atomic E-state index is 2.57. The molecule has 0 aliphatic heterocycles. The van der Waals surface area contributed by atoms with Crippen molar-refractivity contribution in [3.63, 3.8) is 0 Å². The van der Waals surface area contributed by atoms with Crippen LogP contribution in [-0.4, -0.2) is 0 Å². The van der Waals surface area contributed by atoms with E-state index in [1.165, 1.54) is 82.5 Å². The van der Waals surface area contributed by atoms with Crippen molar-refractivity contribution < 1.29 is 0 Å². The molecule has 220 valence electrons. The number of benzene rings is 5. The number of hydrogen-bond donors (Lipinski definition) is 0. The van der Waals surface area contributed by atoms with Crippen LogP contribution in [0.4, 0.5) is 17.1 Å². The fourth-order valence-electron chi connectivity index (χ4n) is 12.5. The average molecular weight is 582 g/mol. The maximum Gasteiger partial charge on any atom is 0.0543 e. The third kappa shape index (κ3) is 2.81. The van der Waals surface area contributed by atoms with E-state index in [0.29, 0.717) is 5.41 Å². The summed E-state index contributed by atoms with van der Waals surface area (Å²) in [4.78, 5) is 2.57. The van der Waals surface area contributed by atoms with Crippen molar-refractivity contribution >= 4 is 17.1 Å². The molecule has 0 aromatic heterocycles. The Kier molecular flexibility index (Phi) is 4.57. The molecule has 5 aromatic carbocycles. The normalized spacial score (nSPS) is 31.2. The highest BCUT2D eigenvalue weighted by Crippen LogP contribution is 2.83. The molecule has 0 radical (unpaired) electrons. The molecule has 6 atom stereocenters. The molecule has 45 heavy (non-hydrogen) atoms. The van der Waals surface area contributed by atoms with Gasteiger partial charge < -0.3 is 4.90 Å². The lowest BCUT2D eigenvalue weighted by Gasteiger charge is -2.54. The molecule has 3 bridgehead atoms. The van der Waals surface area contributed by atoms with Gasteiger partial charge in [0.25, 0.3) is 0 Å². The number of hydrogen-bond acceptors (Lipinski definition) is 1. The molecular weight excluding hydrogens is 542 g/mol. The summed E-state index contributed by atoms with van der Waals surface area (Å²) in [6.45, 7) is 4.79. The van der Waals surface area contributed by atoms with E-state index in [9.17, 15) is 0 Å². The highest BCUT2D eigenvalue weighted by molar-refractivity contribution is 5.96. The van der Waals surface area contributed by atoms with Crippen molar-refractivity contribution in [3.8, 4) is 22.3 Å². The van der Waals surface area contributed by atoms with Crippen molar-refractivity contribution in [1.82, 2.24) is 0 Å². The molecule has 6 unspecified atom stereocenters. The van der Waals surface area contributed by atoms with Gasteiger partial charge in [-0.05, 0) is 130 Å². The Morgan fingerprint density at radius 2 is 1.27 bits per heavy atom. The number of nitrogens with zero attached hydrogens (tertiary/aromatic N) is 1. The van der Waals surface area contributed by atoms with Crippen LogP contribution in [0.1, 0.15) is 68.2 Å². The summed E-state index contributed by atoms with van der Waals surface area (Å²) in [6.07, 6.45) is 7.34.